The quantitative estimate of drug-likeness (QED) is 0.246. The number of benzene rings is 3. The molecule has 4 nitrogen and oxygen atoms in total. The van der Waals surface area contributed by atoms with Crippen molar-refractivity contribution < 1.29 is 4.42 Å². The Morgan fingerprint density at radius 1 is 0.875 bits per heavy atom. The van der Waals surface area contributed by atoms with Crippen LogP contribution < -0.4 is 13.8 Å². The molecule has 0 unspecified atom stereocenters. The van der Waals surface area contributed by atoms with E-state index in [0.717, 1.165) is 9.95 Å². The number of hydrogen-bond acceptors (Lipinski definition) is 4. The third-order valence-corrected chi connectivity index (χ3v) is 9.70. The Morgan fingerprint density at radius 3 is 2.28 bits per heavy atom. The van der Waals surface area contributed by atoms with Gasteiger partial charge in [0.25, 0.3) is 0 Å². The Morgan fingerprint density at radius 2 is 1.56 bits per heavy atom. The van der Waals surface area contributed by atoms with Crippen LogP contribution in [0, 0.1) is 11.3 Å². The average molecular weight is 543 g/mol. The van der Waals surface area contributed by atoms with Crippen molar-refractivity contribution in [2.24, 2.45) is 0 Å². The summed E-state index contributed by atoms with van der Waals surface area (Å²) in [5.41, 5.74) is 4.43. The zero-order valence-corrected chi connectivity index (χ0v) is 20.2. The van der Waals surface area contributed by atoms with Gasteiger partial charge in [-0.3, -0.25) is 0 Å². The summed E-state index contributed by atoms with van der Waals surface area (Å²) in [4.78, 5) is 6.88. The second-order valence-corrected chi connectivity index (χ2v) is 11.8. The van der Waals surface area contributed by atoms with Crippen LogP contribution in [0.3, 0.4) is 0 Å². The second kappa shape index (κ2) is 7.98. The Kier molecular flexibility index (Phi) is 4.83. The van der Waals surface area contributed by atoms with E-state index in [1.807, 2.05) is 30.3 Å². The van der Waals surface area contributed by atoms with Crippen LogP contribution in [0.25, 0.3) is 22.7 Å². The van der Waals surface area contributed by atoms with Crippen molar-refractivity contribution >= 4 is 77.1 Å². The minimum absolute atomic E-state index is 0.0542. The van der Waals surface area contributed by atoms with E-state index in [1.54, 1.807) is 0 Å². The summed E-state index contributed by atoms with van der Waals surface area (Å²) < 4.78 is 11.0. The normalized spacial score (nSPS) is 13.0. The maximum absolute atomic E-state index is 9.78. The standard InChI is InChI=1S/C26H15N3OSe2/c27-16-17(26-28-19-7-1-4-10-22(19)30-26)15-18-13-14-25(31-18)29-20-8-2-5-11-23(20)32-24-12-6-3-9-21(24)29/h1-15H/b17-15+. The summed E-state index contributed by atoms with van der Waals surface area (Å²) in [5, 5.41) is 9.78. The number of allylic oxidation sites excluding steroid dienone is 1. The molecule has 5 aromatic rings. The molecule has 2 aromatic heterocycles. The number of oxazole rings is 1. The van der Waals surface area contributed by atoms with Crippen molar-refractivity contribution in [3.63, 3.8) is 0 Å². The van der Waals surface area contributed by atoms with Crippen LogP contribution in [0.4, 0.5) is 15.9 Å². The number of para-hydroxylation sites is 4. The van der Waals surface area contributed by atoms with Gasteiger partial charge in [0.2, 0.25) is 0 Å². The average Bonchev–Trinajstić information content (AvgIpc) is 3.47. The van der Waals surface area contributed by atoms with E-state index >= 15 is 0 Å². The van der Waals surface area contributed by atoms with E-state index in [9.17, 15) is 5.26 Å². The van der Waals surface area contributed by atoms with Gasteiger partial charge in [-0.05, 0) is 0 Å². The van der Waals surface area contributed by atoms with E-state index < -0.39 is 0 Å². The monoisotopic (exact) mass is 545 g/mol. The predicted octanol–water partition coefficient (Wildman–Crippen LogP) is 4.39. The molecule has 0 spiro atoms. The van der Waals surface area contributed by atoms with Crippen molar-refractivity contribution in [3.8, 4) is 6.07 Å². The number of aromatic nitrogens is 1. The Labute approximate surface area is 197 Å². The minimum atomic E-state index is 0.0542. The second-order valence-electron chi connectivity index (χ2n) is 7.21. The molecule has 6 rings (SSSR count). The van der Waals surface area contributed by atoms with Crippen molar-refractivity contribution in [1.29, 1.82) is 5.26 Å². The fourth-order valence-corrected chi connectivity index (χ4v) is 8.03. The van der Waals surface area contributed by atoms with E-state index in [4.69, 9.17) is 4.42 Å². The first kappa shape index (κ1) is 19.4. The first-order chi connectivity index (χ1) is 15.8. The van der Waals surface area contributed by atoms with Crippen LogP contribution in [-0.4, -0.2) is 34.4 Å². The SMILES string of the molecule is N#C/C(=C\c1ccc(N2c3ccccc3[Se]c3ccccc32)[se]1)c1nc2ccccc2o1. The molecule has 152 valence electrons. The first-order valence-corrected chi connectivity index (χ1v) is 13.5. The van der Waals surface area contributed by atoms with Crippen molar-refractivity contribution in [3.05, 3.63) is 95.3 Å². The van der Waals surface area contributed by atoms with Gasteiger partial charge in [0.15, 0.2) is 0 Å². The molecule has 3 heterocycles. The molecule has 1 aliphatic heterocycles. The third kappa shape index (κ3) is 3.33. The van der Waals surface area contributed by atoms with E-state index in [-0.39, 0.29) is 14.5 Å². The number of nitriles is 1. The van der Waals surface area contributed by atoms with Crippen LogP contribution in [0.15, 0.2) is 89.3 Å². The number of rotatable bonds is 3. The van der Waals surface area contributed by atoms with E-state index in [0.29, 0.717) is 32.0 Å². The maximum atomic E-state index is 9.78. The molecule has 6 heteroatoms. The molecule has 1 aliphatic rings. The summed E-state index contributed by atoms with van der Waals surface area (Å²) in [5.74, 6) is 0.371. The van der Waals surface area contributed by atoms with Gasteiger partial charge in [0.05, 0.1) is 0 Å². The van der Waals surface area contributed by atoms with E-state index in [2.05, 4.69) is 76.6 Å². The molecule has 0 bridgehead atoms. The zero-order chi connectivity index (χ0) is 21.5. The van der Waals surface area contributed by atoms with Crippen LogP contribution >= 0.6 is 0 Å². The van der Waals surface area contributed by atoms with Gasteiger partial charge in [0.1, 0.15) is 0 Å². The van der Waals surface area contributed by atoms with Gasteiger partial charge >= 0.3 is 198 Å². The molecule has 0 saturated heterocycles. The summed E-state index contributed by atoms with van der Waals surface area (Å²) in [6, 6.07) is 31.5. The molecule has 0 N–H and O–H groups in total. The Bertz CT molecular complexity index is 1460. The van der Waals surface area contributed by atoms with Crippen LogP contribution in [0.2, 0.25) is 0 Å². The summed E-state index contributed by atoms with van der Waals surface area (Å²) >= 11 is 0.353. The van der Waals surface area contributed by atoms with Crippen molar-refractivity contribution in [2.45, 2.75) is 0 Å². The van der Waals surface area contributed by atoms with Crippen LogP contribution in [0.1, 0.15) is 10.3 Å². The predicted molar refractivity (Wildman–Crippen MR) is 131 cm³/mol. The van der Waals surface area contributed by atoms with Crippen LogP contribution in [0.5, 0.6) is 0 Å². The summed E-state index contributed by atoms with van der Waals surface area (Å²) in [6.45, 7) is 0. The molecule has 3 aromatic carbocycles. The van der Waals surface area contributed by atoms with Gasteiger partial charge in [-0.1, -0.05) is 0 Å². The Hall–Kier alpha value is -3.32. The van der Waals surface area contributed by atoms with Gasteiger partial charge < -0.3 is 0 Å². The number of hydrogen-bond donors (Lipinski definition) is 0. The van der Waals surface area contributed by atoms with Crippen LogP contribution in [-0.2, 0) is 0 Å². The molecule has 0 amide bonds. The molecule has 0 radical (unpaired) electrons. The molecule has 32 heavy (non-hydrogen) atoms. The molecule has 0 aliphatic carbocycles. The molecular formula is C26H15N3OSe2. The third-order valence-electron chi connectivity index (χ3n) is 5.20. The van der Waals surface area contributed by atoms with Gasteiger partial charge in [0, 0.05) is 0 Å². The van der Waals surface area contributed by atoms with Gasteiger partial charge in [-0.15, -0.1) is 0 Å². The molecular weight excluding hydrogens is 528 g/mol. The zero-order valence-electron chi connectivity index (χ0n) is 16.7. The first-order valence-electron chi connectivity index (χ1n) is 10.0. The van der Waals surface area contributed by atoms with Crippen molar-refractivity contribution in [1.82, 2.24) is 4.98 Å². The van der Waals surface area contributed by atoms with Crippen molar-refractivity contribution in [2.75, 3.05) is 4.90 Å². The molecule has 0 fully saturated rings. The fraction of sp³-hybridized carbons (Fsp3) is 0. The number of nitrogens with zero attached hydrogens (tertiary/aromatic N) is 3. The molecule has 0 atom stereocenters. The summed E-state index contributed by atoms with van der Waals surface area (Å²) in [6.07, 6.45) is 1.92. The topological polar surface area (TPSA) is 53.1 Å². The number of fused-ring (bicyclic) bond motifs is 3. The molecule has 0 saturated carbocycles. The van der Waals surface area contributed by atoms with E-state index in [1.165, 1.54) is 24.9 Å². The number of anilines is 3. The summed E-state index contributed by atoms with van der Waals surface area (Å²) in [7, 11) is 0. The fourth-order valence-electron chi connectivity index (χ4n) is 3.75. The van der Waals surface area contributed by atoms with Gasteiger partial charge in [-0.25, -0.2) is 0 Å². The van der Waals surface area contributed by atoms with Gasteiger partial charge in [-0.2, -0.15) is 0 Å². The Balaban J connectivity index is 1.42.